The molecule has 6 heteroatoms. The van der Waals surface area contributed by atoms with Gasteiger partial charge in [0.1, 0.15) is 23.9 Å². The summed E-state index contributed by atoms with van der Waals surface area (Å²) in [5, 5.41) is 6.48. The summed E-state index contributed by atoms with van der Waals surface area (Å²) in [7, 11) is 1.64. The first-order chi connectivity index (χ1) is 11.2. The molecule has 1 aromatic heterocycles. The van der Waals surface area contributed by atoms with Crippen molar-refractivity contribution in [3.8, 4) is 11.5 Å². The molecule has 0 saturated carbocycles. The van der Waals surface area contributed by atoms with Crippen LogP contribution in [0, 0.1) is 0 Å². The van der Waals surface area contributed by atoms with Gasteiger partial charge in [0.05, 0.1) is 13.7 Å². The van der Waals surface area contributed by atoms with Gasteiger partial charge in [0.15, 0.2) is 0 Å². The Labute approximate surface area is 137 Å². The van der Waals surface area contributed by atoms with E-state index in [0.717, 1.165) is 23.7 Å². The van der Waals surface area contributed by atoms with E-state index in [1.807, 2.05) is 30.3 Å². The maximum Gasteiger partial charge on any atom is 0.224 e. The molecule has 0 aliphatic carbocycles. The number of benzene rings is 1. The highest BCUT2D eigenvalue weighted by atomic mass is 16.5. The van der Waals surface area contributed by atoms with Crippen LogP contribution in [0.15, 0.2) is 36.5 Å². The molecule has 1 atom stereocenters. The molecule has 124 valence electrons. The molecule has 2 aromatic rings. The lowest BCUT2D eigenvalue weighted by Gasteiger charge is -2.13. The van der Waals surface area contributed by atoms with Crippen molar-refractivity contribution in [3.05, 3.63) is 36.5 Å². The predicted molar refractivity (Wildman–Crippen MR) is 92.4 cm³/mol. The number of nitrogens with one attached hydrogen (secondary N) is 2. The lowest BCUT2D eigenvalue weighted by Crippen LogP contribution is -2.17. The van der Waals surface area contributed by atoms with Crippen molar-refractivity contribution in [1.82, 2.24) is 9.97 Å². The van der Waals surface area contributed by atoms with Gasteiger partial charge in [-0.15, -0.1) is 0 Å². The van der Waals surface area contributed by atoms with Gasteiger partial charge in [0.2, 0.25) is 5.95 Å². The number of methoxy groups -OCH3 is 1. The summed E-state index contributed by atoms with van der Waals surface area (Å²) in [5.74, 6) is 3.04. The van der Waals surface area contributed by atoms with E-state index in [1.54, 1.807) is 13.3 Å². The van der Waals surface area contributed by atoms with Gasteiger partial charge < -0.3 is 20.1 Å². The van der Waals surface area contributed by atoms with Crippen LogP contribution in [0.3, 0.4) is 0 Å². The summed E-state index contributed by atoms with van der Waals surface area (Å²) in [6.07, 6.45) is 2.78. The lowest BCUT2D eigenvalue weighted by molar-refractivity contribution is 0.331. The molecule has 0 amide bonds. The van der Waals surface area contributed by atoms with Crippen molar-refractivity contribution in [1.29, 1.82) is 0 Å². The topological polar surface area (TPSA) is 68.3 Å². The summed E-state index contributed by atoms with van der Waals surface area (Å²) in [6.45, 7) is 5.41. The van der Waals surface area contributed by atoms with Gasteiger partial charge in [-0.3, -0.25) is 0 Å². The third-order valence-electron chi connectivity index (χ3n) is 3.38. The molecule has 1 aromatic carbocycles. The molecule has 1 heterocycles. The monoisotopic (exact) mass is 316 g/mol. The van der Waals surface area contributed by atoms with Gasteiger partial charge in [0.25, 0.3) is 0 Å². The molecular formula is C17H24N4O2. The molecule has 0 aliphatic rings. The van der Waals surface area contributed by atoms with Gasteiger partial charge in [0, 0.05) is 12.2 Å². The van der Waals surface area contributed by atoms with Crippen LogP contribution in [0.5, 0.6) is 11.5 Å². The van der Waals surface area contributed by atoms with Crippen LogP contribution in [0.25, 0.3) is 0 Å². The number of hydrogen-bond acceptors (Lipinski definition) is 6. The van der Waals surface area contributed by atoms with Crippen molar-refractivity contribution in [3.63, 3.8) is 0 Å². The molecule has 0 saturated heterocycles. The molecule has 6 nitrogen and oxygen atoms in total. The predicted octanol–water partition coefficient (Wildman–Crippen LogP) is 3.19. The summed E-state index contributed by atoms with van der Waals surface area (Å²) >= 11 is 0. The van der Waals surface area contributed by atoms with E-state index in [0.29, 0.717) is 25.1 Å². The van der Waals surface area contributed by atoms with E-state index in [4.69, 9.17) is 9.47 Å². The van der Waals surface area contributed by atoms with Crippen molar-refractivity contribution >= 4 is 11.8 Å². The Morgan fingerprint density at radius 2 is 1.87 bits per heavy atom. The molecule has 0 bridgehead atoms. The van der Waals surface area contributed by atoms with E-state index < -0.39 is 0 Å². The first-order valence-corrected chi connectivity index (χ1v) is 7.81. The Kier molecular flexibility index (Phi) is 6.47. The first kappa shape index (κ1) is 16.9. The van der Waals surface area contributed by atoms with E-state index in [2.05, 4.69) is 34.4 Å². The minimum Gasteiger partial charge on any atom is -0.497 e. The number of nitrogens with zero attached hydrogens (tertiary/aromatic N) is 2. The normalized spacial score (nSPS) is 11.6. The summed E-state index contributed by atoms with van der Waals surface area (Å²) in [5.41, 5.74) is 0. The van der Waals surface area contributed by atoms with Crippen LogP contribution >= 0.6 is 0 Å². The van der Waals surface area contributed by atoms with E-state index in [-0.39, 0.29) is 0 Å². The third kappa shape index (κ3) is 5.65. The van der Waals surface area contributed by atoms with Crippen molar-refractivity contribution in [2.24, 2.45) is 0 Å². The summed E-state index contributed by atoms with van der Waals surface area (Å²) in [4.78, 5) is 8.63. The number of anilines is 2. The average molecular weight is 316 g/mol. The number of hydrogen-bond donors (Lipinski definition) is 2. The second-order valence-electron chi connectivity index (χ2n) is 5.17. The third-order valence-corrected chi connectivity index (χ3v) is 3.38. The Balaban J connectivity index is 1.76. The van der Waals surface area contributed by atoms with Crippen LogP contribution < -0.4 is 20.1 Å². The molecule has 2 N–H and O–H groups in total. The fourth-order valence-electron chi connectivity index (χ4n) is 1.88. The smallest absolute Gasteiger partial charge is 0.224 e. The first-order valence-electron chi connectivity index (χ1n) is 7.81. The largest absolute Gasteiger partial charge is 0.497 e. The van der Waals surface area contributed by atoms with Gasteiger partial charge >= 0.3 is 0 Å². The van der Waals surface area contributed by atoms with Gasteiger partial charge in [-0.25, -0.2) is 4.98 Å². The highest BCUT2D eigenvalue weighted by molar-refractivity contribution is 5.40. The highest BCUT2D eigenvalue weighted by Crippen LogP contribution is 2.16. The number of aromatic nitrogens is 2. The maximum absolute atomic E-state index is 5.65. The van der Waals surface area contributed by atoms with Crippen molar-refractivity contribution in [2.45, 2.75) is 26.3 Å². The van der Waals surface area contributed by atoms with Crippen LogP contribution in [-0.2, 0) is 0 Å². The Bertz CT molecular complexity index is 589. The van der Waals surface area contributed by atoms with E-state index >= 15 is 0 Å². The highest BCUT2D eigenvalue weighted by Gasteiger charge is 2.02. The zero-order valence-electron chi connectivity index (χ0n) is 13.9. The second kappa shape index (κ2) is 8.82. The van der Waals surface area contributed by atoms with Crippen LogP contribution in [0.4, 0.5) is 11.8 Å². The van der Waals surface area contributed by atoms with Crippen LogP contribution in [-0.4, -0.2) is 36.3 Å². The Morgan fingerprint density at radius 1 is 1.13 bits per heavy atom. The second-order valence-corrected chi connectivity index (χ2v) is 5.17. The van der Waals surface area contributed by atoms with Gasteiger partial charge in [-0.2, -0.15) is 4.98 Å². The molecule has 1 unspecified atom stereocenters. The zero-order chi connectivity index (χ0) is 16.5. The average Bonchev–Trinajstić information content (AvgIpc) is 2.59. The molecule has 2 rings (SSSR count). The van der Waals surface area contributed by atoms with Crippen LogP contribution in [0.2, 0.25) is 0 Å². The SMILES string of the molecule is CCC(C)Nc1ccnc(NCCOc2ccc(OC)cc2)n1. The minimum absolute atomic E-state index is 0.385. The fourth-order valence-corrected chi connectivity index (χ4v) is 1.88. The van der Waals surface area contributed by atoms with E-state index in [1.165, 1.54) is 0 Å². The van der Waals surface area contributed by atoms with Crippen LogP contribution in [0.1, 0.15) is 20.3 Å². The molecular weight excluding hydrogens is 292 g/mol. The zero-order valence-corrected chi connectivity index (χ0v) is 13.9. The molecule has 0 radical (unpaired) electrons. The van der Waals surface area contributed by atoms with Gasteiger partial charge in [-0.1, -0.05) is 6.92 Å². The van der Waals surface area contributed by atoms with E-state index in [9.17, 15) is 0 Å². The molecule has 0 aliphatic heterocycles. The molecule has 0 spiro atoms. The maximum atomic E-state index is 5.65. The Morgan fingerprint density at radius 3 is 2.57 bits per heavy atom. The summed E-state index contributed by atoms with van der Waals surface area (Å²) in [6, 6.07) is 9.76. The lowest BCUT2D eigenvalue weighted by atomic mass is 10.2. The Hall–Kier alpha value is -2.50. The fraction of sp³-hybridized carbons (Fsp3) is 0.412. The number of rotatable bonds is 9. The molecule has 23 heavy (non-hydrogen) atoms. The standard InChI is InChI=1S/C17H24N4O2/c1-4-13(2)20-16-9-10-18-17(21-16)19-11-12-23-15-7-5-14(22-3)6-8-15/h5-10,13H,4,11-12H2,1-3H3,(H2,18,19,20,21). The minimum atomic E-state index is 0.385. The quantitative estimate of drug-likeness (QED) is 0.693. The number of ether oxygens (including phenoxy) is 2. The molecule has 0 fully saturated rings. The van der Waals surface area contributed by atoms with Crippen molar-refractivity contribution in [2.75, 3.05) is 30.9 Å². The van der Waals surface area contributed by atoms with Gasteiger partial charge in [-0.05, 0) is 43.7 Å². The van der Waals surface area contributed by atoms with Crippen molar-refractivity contribution < 1.29 is 9.47 Å². The summed E-state index contributed by atoms with van der Waals surface area (Å²) < 4.78 is 10.8.